The molecule has 0 saturated heterocycles. The van der Waals surface area contributed by atoms with Gasteiger partial charge in [0.15, 0.2) is 0 Å². The molecule has 126 valence electrons. The Hall–Kier alpha value is -0.260. The average molecular weight is 303 g/mol. The van der Waals surface area contributed by atoms with E-state index in [4.69, 9.17) is 0 Å². The molecule has 0 aromatic rings. The summed E-state index contributed by atoms with van der Waals surface area (Å²) in [4.78, 5) is 0. The first kappa shape index (κ1) is 16.6. The molecule has 4 aliphatic rings. The summed E-state index contributed by atoms with van der Waals surface area (Å²) in [6.45, 7) is 14.7. The molecular weight excluding hydrogens is 264 g/mol. The Morgan fingerprint density at radius 1 is 0.591 bits per heavy atom. The molecule has 0 aliphatic heterocycles. The van der Waals surface area contributed by atoms with E-state index in [0.717, 1.165) is 35.5 Å². The summed E-state index contributed by atoms with van der Waals surface area (Å²) in [7, 11) is 0. The van der Waals surface area contributed by atoms with E-state index in [-0.39, 0.29) is 0 Å². The molecule has 0 heterocycles. The molecule has 0 N–H and O–H groups in total. The molecule has 4 rings (SSSR count). The lowest BCUT2D eigenvalue weighted by molar-refractivity contribution is 0.0245. The molecule has 0 aromatic heterocycles. The van der Waals surface area contributed by atoms with Crippen molar-refractivity contribution in [3.05, 3.63) is 12.2 Å². The van der Waals surface area contributed by atoms with Gasteiger partial charge in [0.1, 0.15) is 0 Å². The van der Waals surface area contributed by atoms with Gasteiger partial charge in [-0.15, -0.1) is 0 Å². The summed E-state index contributed by atoms with van der Waals surface area (Å²) in [5.74, 6) is 6.00. The lowest BCUT2D eigenvalue weighted by Gasteiger charge is -2.46. The van der Waals surface area contributed by atoms with Crippen LogP contribution in [0.25, 0.3) is 0 Å². The van der Waals surface area contributed by atoms with Crippen molar-refractivity contribution >= 4 is 0 Å². The average Bonchev–Trinajstić information content (AvgIpc) is 3.17. The van der Waals surface area contributed by atoms with Crippen LogP contribution in [0.4, 0.5) is 0 Å². The fourth-order valence-corrected chi connectivity index (χ4v) is 6.50. The third-order valence-corrected chi connectivity index (χ3v) is 7.09. The molecule has 0 aromatic carbocycles. The highest BCUT2D eigenvalue weighted by Gasteiger charge is 2.54. The van der Waals surface area contributed by atoms with Gasteiger partial charge in [0.05, 0.1) is 0 Å². The zero-order valence-corrected chi connectivity index (χ0v) is 15.9. The van der Waals surface area contributed by atoms with Crippen molar-refractivity contribution in [1.82, 2.24) is 0 Å². The predicted molar refractivity (Wildman–Crippen MR) is 96.7 cm³/mol. The highest BCUT2D eigenvalue weighted by atomic mass is 14.6. The zero-order valence-electron chi connectivity index (χ0n) is 15.9. The van der Waals surface area contributed by atoms with Crippen LogP contribution in [0.5, 0.6) is 0 Å². The van der Waals surface area contributed by atoms with E-state index in [1.54, 1.807) is 0 Å². The van der Waals surface area contributed by atoms with Crippen molar-refractivity contribution in [3.8, 4) is 0 Å². The van der Waals surface area contributed by atoms with Crippen molar-refractivity contribution in [2.24, 2.45) is 46.3 Å². The number of rotatable bonds is 0. The Bertz CT molecular complexity index is 378. The van der Waals surface area contributed by atoms with E-state index in [0.29, 0.717) is 10.8 Å². The summed E-state index contributed by atoms with van der Waals surface area (Å²) >= 11 is 0. The number of hydrogen-bond donors (Lipinski definition) is 0. The van der Waals surface area contributed by atoms with Gasteiger partial charge in [-0.2, -0.15) is 0 Å². The van der Waals surface area contributed by atoms with Gasteiger partial charge in [0.2, 0.25) is 0 Å². The van der Waals surface area contributed by atoms with Crippen molar-refractivity contribution in [3.63, 3.8) is 0 Å². The van der Waals surface area contributed by atoms with Crippen LogP contribution in [0.1, 0.15) is 80.1 Å². The Balaban J connectivity index is 0.000000169. The van der Waals surface area contributed by atoms with Crippen molar-refractivity contribution in [2.45, 2.75) is 80.1 Å². The van der Waals surface area contributed by atoms with Crippen LogP contribution in [-0.2, 0) is 0 Å². The van der Waals surface area contributed by atoms with Crippen molar-refractivity contribution < 1.29 is 0 Å². The second-order valence-corrected chi connectivity index (χ2v) is 10.8. The maximum atomic E-state index is 2.46. The summed E-state index contributed by atoms with van der Waals surface area (Å²) in [6.07, 6.45) is 13.7. The third kappa shape index (κ3) is 3.17. The topological polar surface area (TPSA) is 0 Å². The number of fused-ring (bicyclic) bond motifs is 4. The molecule has 6 atom stereocenters. The maximum Gasteiger partial charge on any atom is -0.0228 e. The van der Waals surface area contributed by atoms with E-state index in [9.17, 15) is 0 Å². The van der Waals surface area contributed by atoms with Crippen LogP contribution in [0, 0.1) is 46.3 Å². The summed E-state index contributed by atoms with van der Waals surface area (Å²) in [5.41, 5.74) is 1.02. The van der Waals surface area contributed by atoms with Crippen LogP contribution in [-0.4, -0.2) is 0 Å². The molecule has 0 amide bonds. The number of hydrogen-bond acceptors (Lipinski definition) is 0. The molecule has 0 radical (unpaired) electrons. The fraction of sp³-hybridized carbons (Fsp3) is 0.909. The van der Waals surface area contributed by atoms with E-state index in [1.165, 1.54) is 38.5 Å². The molecule has 3 fully saturated rings. The Labute approximate surface area is 139 Å². The minimum atomic E-state index is 0.512. The fourth-order valence-electron chi connectivity index (χ4n) is 6.50. The van der Waals surface area contributed by atoms with Crippen molar-refractivity contribution in [2.75, 3.05) is 0 Å². The predicted octanol–water partition coefficient (Wildman–Crippen LogP) is 6.71. The van der Waals surface area contributed by atoms with Crippen LogP contribution in [0.3, 0.4) is 0 Å². The highest BCUT2D eigenvalue weighted by Crippen LogP contribution is 2.62. The third-order valence-electron chi connectivity index (χ3n) is 7.09. The lowest BCUT2D eigenvalue weighted by Crippen LogP contribution is -2.39. The summed E-state index contributed by atoms with van der Waals surface area (Å²) in [5, 5.41) is 0. The first-order valence-electron chi connectivity index (χ1n) is 9.84. The van der Waals surface area contributed by atoms with E-state index in [2.05, 4.69) is 53.7 Å². The largest absolute Gasteiger partial charge is 0.0851 e. The van der Waals surface area contributed by atoms with Gasteiger partial charge < -0.3 is 0 Å². The van der Waals surface area contributed by atoms with Crippen LogP contribution in [0.2, 0.25) is 0 Å². The minimum absolute atomic E-state index is 0.512. The van der Waals surface area contributed by atoms with Crippen molar-refractivity contribution in [1.29, 1.82) is 0 Å². The molecule has 0 spiro atoms. The van der Waals surface area contributed by atoms with Gasteiger partial charge in [-0.25, -0.2) is 0 Å². The van der Waals surface area contributed by atoms with Gasteiger partial charge in [-0.3, -0.25) is 0 Å². The molecule has 0 nitrogen and oxygen atoms in total. The quantitative estimate of drug-likeness (QED) is 0.436. The van der Waals surface area contributed by atoms with E-state index in [1.807, 2.05) is 0 Å². The summed E-state index contributed by atoms with van der Waals surface area (Å²) in [6, 6.07) is 0. The molecule has 4 bridgehead atoms. The van der Waals surface area contributed by atoms with Crippen LogP contribution >= 0.6 is 0 Å². The molecule has 6 unspecified atom stereocenters. The monoisotopic (exact) mass is 302 g/mol. The number of allylic oxidation sites excluding steroid dienone is 2. The van der Waals surface area contributed by atoms with E-state index >= 15 is 0 Å². The van der Waals surface area contributed by atoms with Gasteiger partial charge in [0, 0.05) is 0 Å². The molecular formula is C22H38. The first-order valence-corrected chi connectivity index (χ1v) is 9.84. The first-order chi connectivity index (χ1) is 10.2. The second kappa shape index (κ2) is 5.67. The zero-order chi connectivity index (χ0) is 16.1. The molecule has 22 heavy (non-hydrogen) atoms. The second-order valence-electron chi connectivity index (χ2n) is 10.8. The lowest BCUT2D eigenvalue weighted by atomic mass is 9.59. The van der Waals surface area contributed by atoms with Crippen LogP contribution < -0.4 is 0 Å². The van der Waals surface area contributed by atoms with E-state index < -0.39 is 0 Å². The van der Waals surface area contributed by atoms with Gasteiger partial charge in [-0.05, 0) is 84.9 Å². The Morgan fingerprint density at radius 3 is 1.23 bits per heavy atom. The highest BCUT2D eigenvalue weighted by molar-refractivity contribution is 5.06. The molecule has 4 aliphatic carbocycles. The Kier molecular flexibility index (Phi) is 4.28. The molecule has 0 heteroatoms. The summed E-state index contributed by atoms with van der Waals surface area (Å²) < 4.78 is 0. The standard InChI is InChI=1S/C15H28.C7H10/c1-14(2,3)12-10-7-8-11(9-10)13(12)15(4,5)6;1-2-7-4-3-6(1)5-7/h10-13H,7-9H2,1-6H3;1-2,6-7H,3-5H2. The maximum absolute atomic E-state index is 2.46. The van der Waals surface area contributed by atoms with Gasteiger partial charge >= 0.3 is 0 Å². The smallest absolute Gasteiger partial charge is 0.0228 e. The normalized spacial score (nSPS) is 42.6. The van der Waals surface area contributed by atoms with Crippen LogP contribution in [0.15, 0.2) is 12.2 Å². The van der Waals surface area contributed by atoms with Gasteiger partial charge in [0.25, 0.3) is 0 Å². The SMILES string of the molecule is C1=CC2CCC1C2.CC(C)(C)C1C2CCC(C2)C1C(C)(C)C. The Morgan fingerprint density at radius 2 is 1.00 bits per heavy atom. The van der Waals surface area contributed by atoms with Gasteiger partial charge in [-0.1, -0.05) is 53.7 Å². The minimum Gasteiger partial charge on any atom is -0.0851 e. The molecule has 3 saturated carbocycles.